The van der Waals surface area contributed by atoms with E-state index < -0.39 is 11.6 Å². The first-order valence-electron chi connectivity index (χ1n) is 5.48. The van der Waals surface area contributed by atoms with Crippen LogP contribution in [0.4, 0.5) is 8.78 Å². The summed E-state index contributed by atoms with van der Waals surface area (Å²) in [6.45, 7) is 0.332. The molecule has 0 atom stereocenters. The third-order valence-electron chi connectivity index (χ3n) is 2.79. The molecule has 0 fully saturated rings. The normalized spacial score (nSPS) is 11.3. The summed E-state index contributed by atoms with van der Waals surface area (Å²) in [5, 5.41) is 3.65. The first-order valence-corrected chi connectivity index (χ1v) is 5.89. The van der Waals surface area contributed by atoms with Gasteiger partial charge in [-0.3, -0.25) is 0 Å². The molecular formula is C11H8F2N4OS. The first-order chi connectivity index (χ1) is 9.16. The van der Waals surface area contributed by atoms with Gasteiger partial charge in [0.25, 0.3) is 0 Å². The fourth-order valence-corrected chi connectivity index (χ4v) is 2.21. The number of halogens is 2. The smallest absolute Gasteiger partial charge is 0.213 e. The van der Waals surface area contributed by atoms with E-state index in [1.54, 1.807) is 0 Å². The minimum atomic E-state index is -0.919. The largest absolute Gasteiger partial charge is 0.343 e. The van der Waals surface area contributed by atoms with Crippen LogP contribution in [0, 0.1) is 16.4 Å². The number of aromatic nitrogens is 4. The minimum Gasteiger partial charge on any atom is -0.343 e. The molecule has 5 nitrogen and oxygen atoms in total. The van der Waals surface area contributed by atoms with Crippen molar-refractivity contribution in [2.45, 2.75) is 13.0 Å². The molecule has 2 heterocycles. The van der Waals surface area contributed by atoms with Crippen molar-refractivity contribution in [3.05, 3.63) is 40.8 Å². The maximum Gasteiger partial charge on any atom is 0.213 e. The van der Waals surface area contributed by atoms with Crippen LogP contribution in [0.5, 0.6) is 0 Å². The Hall–Kier alpha value is -2.09. The van der Waals surface area contributed by atoms with E-state index in [1.165, 1.54) is 17.0 Å². The third kappa shape index (κ3) is 2.03. The van der Waals surface area contributed by atoms with E-state index in [0.717, 1.165) is 6.07 Å². The molecule has 0 saturated heterocycles. The second-order valence-corrected chi connectivity index (χ2v) is 4.32. The topological polar surface area (TPSA) is 59.6 Å². The molecule has 0 aliphatic rings. The van der Waals surface area contributed by atoms with Crippen molar-refractivity contribution in [1.29, 1.82) is 0 Å². The van der Waals surface area contributed by atoms with Gasteiger partial charge in [-0.15, -0.1) is 0 Å². The molecule has 0 bridgehead atoms. The minimum absolute atomic E-state index is 0.119. The molecule has 0 amide bonds. The van der Waals surface area contributed by atoms with Gasteiger partial charge >= 0.3 is 0 Å². The van der Waals surface area contributed by atoms with Gasteiger partial charge in [0.15, 0.2) is 22.2 Å². The summed E-state index contributed by atoms with van der Waals surface area (Å²) in [7, 11) is 0. The Balaban J connectivity index is 2.05. The Labute approximate surface area is 110 Å². The van der Waals surface area contributed by atoms with Crippen LogP contribution in [0.15, 0.2) is 23.0 Å². The molecule has 19 heavy (non-hydrogen) atoms. The number of nitrogens with zero attached hydrogens (tertiary/aromatic N) is 3. The lowest BCUT2D eigenvalue weighted by Crippen LogP contribution is -2.04. The van der Waals surface area contributed by atoms with Gasteiger partial charge in [0.1, 0.15) is 5.52 Å². The van der Waals surface area contributed by atoms with Gasteiger partial charge < -0.3 is 14.1 Å². The van der Waals surface area contributed by atoms with E-state index in [4.69, 9.17) is 12.2 Å². The number of aromatic amines is 1. The van der Waals surface area contributed by atoms with Crippen LogP contribution in [0.2, 0.25) is 0 Å². The molecule has 0 aliphatic heterocycles. The molecule has 0 unspecified atom stereocenters. The predicted molar refractivity (Wildman–Crippen MR) is 65.0 cm³/mol. The molecule has 0 spiro atoms. The molecule has 3 rings (SSSR count). The van der Waals surface area contributed by atoms with Crippen LogP contribution in [-0.4, -0.2) is 19.7 Å². The Bertz CT molecular complexity index is 778. The molecule has 98 valence electrons. The SMILES string of the molecule is Fc1ccc2[nH]c(=S)n(CCc3ncon3)c2c1F. The van der Waals surface area contributed by atoms with E-state index in [0.29, 0.717) is 29.1 Å². The van der Waals surface area contributed by atoms with E-state index in [9.17, 15) is 8.78 Å². The van der Waals surface area contributed by atoms with E-state index in [2.05, 4.69) is 19.6 Å². The number of hydrogen-bond acceptors (Lipinski definition) is 4. The highest BCUT2D eigenvalue weighted by Gasteiger charge is 2.14. The van der Waals surface area contributed by atoms with Gasteiger partial charge in [0.05, 0.1) is 5.52 Å². The summed E-state index contributed by atoms with van der Waals surface area (Å²) in [6, 6.07) is 2.51. The van der Waals surface area contributed by atoms with Crippen LogP contribution >= 0.6 is 12.2 Å². The zero-order valence-electron chi connectivity index (χ0n) is 9.56. The molecule has 0 aliphatic carbocycles. The Morgan fingerprint density at radius 2 is 2.21 bits per heavy atom. The van der Waals surface area contributed by atoms with E-state index in [-0.39, 0.29) is 5.52 Å². The molecule has 0 radical (unpaired) electrons. The summed E-state index contributed by atoms with van der Waals surface area (Å²) < 4.78 is 33.5. The number of hydrogen-bond donors (Lipinski definition) is 1. The summed E-state index contributed by atoms with van der Waals surface area (Å²) >= 11 is 5.10. The molecule has 0 saturated carbocycles. The monoisotopic (exact) mass is 282 g/mol. The molecule has 2 aromatic heterocycles. The van der Waals surface area contributed by atoms with E-state index in [1.807, 2.05) is 0 Å². The van der Waals surface area contributed by atoms with Crippen molar-refractivity contribution in [3.8, 4) is 0 Å². The maximum atomic E-state index is 13.8. The van der Waals surface area contributed by atoms with Crippen molar-refractivity contribution >= 4 is 23.3 Å². The lowest BCUT2D eigenvalue weighted by atomic mass is 10.3. The average molecular weight is 282 g/mol. The van der Waals surface area contributed by atoms with Crippen molar-refractivity contribution < 1.29 is 13.3 Å². The van der Waals surface area contributed by atoms with Crippen LogP contribution in [-0.2, 0) is 13.0 Å². The van der Waals surface area contributed by atoms with Crippen molar-refractivity contribution in [2.24, 2.45) is 0 Å². The number of fused-ring (bicyclic) bond motifs is 1. The standard InChI is InChI=1S/C11H8F2N4OS/c12-6-1-2-7-10(9(6)13)17(11(19)15-7)4-3-8-14-5-18-16-8/h1-2,5H,3-4H2,(H,15,19). The lowest BCUT2D eigenvalue weighted by molar-refractivity contribution is 0.408. The summed E-state index contributed by atoms with van der Waals surface area (Å²) in [5.74, 6) is -1.35. The highest BCUT2D eigenvalue weighted by molar-refractivity contribution is 7.71. The molecule has 1 aromatic carbocycles. The van der Waals surface area contributed by atoms with Crippen LogP contribution in [0.1, 0.15) is 5.82 Å². The summed E-state index contributed by atoms with van der Waals surface area (Å²) in [6.07, 6.45) is 1.62. The predicted octanol–water partition coefficient (Wildman–Crippen LogP) is 2.60. The van der Waals surface area contributed by atoms with Crippen LogP contribution < -0.4 is 0 Å². The highest BCUT2D eigenvalue weighted by atomic mass is 32.1. The maximum absolute atomic E-state index is 13.8. The van der Waals surface area contributed by atoms with E-state index >= 15 is 0 Å². The Kier molecular flexibility index (Phi) is 2.86. The van der Waals surface area contributed by atoms with Crippen LogP contribution in [0.25, 0.3) is 11.0 Å². The number of H-pyrrole nitrogens is 1. The number of nitrogens with one attached hydrogen (secondary N) is 1. The van der Waals surface area contributed by atoms with Gasteiger partial charge in [-0.2, -0.15) is 4.98 Å². The third-order valence-corrected chi connectivity index (χ3v) is 3.11. The fourth-order valence-electron chi connectivity index (χ4n) is 1.92. The van der Waals surface area contributed by atoms with Crippen molar-refractivity contribution in [3.63, 3.8) is 0 Å². The quantitative estimate of drug-likeness (QED) is 0.750. The molecule has 1 N–H and O–H groups in total. The second kappa shape index (κ2) is 4.54. The number of aryl methyl sites for hydroxylation is 2. The zero-order chi connectivity index (χ0) is 13.4. The fraction of sp³-hybridized carbons (Fsp3) is 0.182. The van der Waals surface area contributed by atoms with Gasteiger partial charge in [-0.25, -0.2) is 8.78 Å². The van der Waals surface area contributed by atoms with Gasteiger partial charge in [0.2, 0.25) is 6.39 Å². The highest BCUT2D eigenvalue weighted by Crippen LogP contribution is 2.20. The van der Waals surface area contributed by atoms with Gasteiger partial charge in [0, 0.05) is 13.0 Å². The lowest BCUT2D eigenvalue weighted by Gasteiger charge is -2.03. The second-order valence-electron chi connectivity index (χ2n) is 3.94. The Morgan fingerprint density at radius 3 is 2.95 bits per heavy atom. The first kappa shape index (κ1) is 12.0. The number of imidazole rings is 1. The van der Waals surface area contributed by atoms with Gasteiger partial charge in [-0.1, -0.05) is 5.16 Å². The number of benzene rings is 1. The molecular weight excluding hydrogens is 274 g/mol. The average Bonchev–Trinajstić information content (AvgIpc) is 2.99. The number of rotatable bonds is 3. The summed E-state index contributed by atoms with van der Waals surface area (Å²) in [5.41, 5.74) is 0.575. The Morgan fingerprint density at radius 1 is 1.37 bits per heavy atom. The van der Waals surface area contributed by atoms with Crippen molar-refractivity contribution in [2.75, 3.05) is 0 Å². The summed E-state index contributed by atoms with van der Waals surface area (Å²) in [4.78, 5) is 6.69. The van der Waals surface area contributed by atoms with Crippen molar-refractivity contribution in [1.82, 2.24) is 19.7 Å². The molecule has 3 aromatic rings. The van der Waals surface area contributed by atoms with Crippen LogP contribution in [0.3, 0.4) is 0 Å². The van der Waals surface area contributed by atoms with Gasteiger partial charge in [-0.05, 0) is 24.4 Å². The zero-order valence-corrected chi connectivity index (χ0v) is 10.4. The molecule has 8 heteroatoms.